The Kier molecular flexibility index (Phi) is 4.34. The summed E-state index contributed by atoms with van der Waals surface area (Å²) in [4.78, 5) is 12.2. The first-order valence-electron chi connectivity index (χ1n) is 6.94. The van der Waals surface area contributed by atoms with Crippen LogP contribution in [-0.2, 0) is 0 Å². The molecule has 19 heavy (non-hydrogen) atoms. The lowest BCUT2D eigenvalue weighted by Crippen LogP contribution is -2.39. The van der Waals surface area contributed by atoms with Crippen LogP contribution in [0.1, 0.15) is 55.5 Å². The molecular formula is C16H22BrNO. The minimum Gasteiger partial charge on any atom is -0.349 e. The van der Waals surface area contributed by atoms with Gasteiger partial charge in [0.2, 0.25) is 0 Å². The fourth-order valence-electron chi connectivity index (χ4n) is 2.68. The highest BCUT2D eigenvalue weighted by Gasteiger charge is 2.27. The van der Waals surface area contributed by atoms with Crippen molar-refractivity contribution in [3.63, 3.8) is 0 Å². The van der Waals surface area contributed by atoms with Crippen LogP contribution in [0.3, 0.4) is 0 Å². The second kappa shape index (κ2) is 5.66. The summed E-state index contributed by atoms with van der Waals surface area (Å²) >= 11 is 3.44. The van der Waals surface area contributed by atoms with Crippen molar-refractivity contribution in [2.24, 2.45) is 5.41 Å². The standard InChI is InChI=1S/C16H22BrNO/c1-11-8-12(10-13(17)9-11)15(19)18-14-4-6-16(2,3)7-5-14/h8-10,14H,4-7H2,1-3H3,(H,18,19). The van der Waals surface area contributed by atoms with Gasteiger partial charge < -0.3 is 5.32 Å². The van der Waals surface area contributed by atoms with Crippen LogP contribution in [0.5, 0.6) is 0 Å². The maximum atomic E-state index is 12.2. The maximum absolute atomic E-state index is 12.2. The van der Waals surface area contributed by atoms with E-state index in [2.05, 4.69) is 35.1 Å². The zero-order valence-corrected chi connectivity index (χ0v) is 13.5. The van der Waals surface area contributed by atoms with Crippen molar-refractivity contribution < 1.29 is 4.79 Å². The molecule has 2 nitrogen and oxygen atoms in total. The van der Waals surface area contributed by atoms with Crippen LogP contribution in [0, 0.1) is 12.3 Å². The van der Waals surface area contributed by atoms with Gasteiger partial charge in [-0.15, -0.1) is 0 Å². The Labute approximate surface area is 124 Å². The van der Waals surface area contributed by atoms with E-state index in [0.717, 1.165) is 28.4 Å². The molecule has 0 radical (unpaired) electrons. The quantitative estimate of drug-likeness (QED) is 0.855. The molecule has 1 aromatic rings. The van der Waals surface area contributed by atoms with E-state index in [-0.39, 0.29) is 5.91 Å². The van der Waals surface area contributed by atoms with E-state index >= 15 is 0 Å². The number of nitrogens with one attached hydrogen (secondary N) is 1. The first-order valence-corrected chi connectivity index (χ1v) is 7.73. The van der Waals surface area contributed by atoms with Gasteiger partial charge in [-0.1, -0.05) is 29.8 Å². The molecule has 1 aromatic carbocycles. The second-order valence-corrected chi connectivity index (χ2v) is 7.34. The fraction of sp³-hybridized carbons (Fsp3) is 0.562. The molecule has 1 aliphatic carbocycles. The number of carbonyl (C=O) groups is 1. The summed E-state index contributed by atoms with van der Waals surface area (Å²) < 4.78 is 0.961. The van der Waals surface area contributed by atoms with Gasteiger partial charge in [0.15, 0.2) is 0 Å². The van der Waals surface area contributed by atoms with Crippen molar-refractivity contribution >= 4 is 21.8 Å². The average Bonchev–Trinajstić information content (AvgIpc) is 2.30. The lowest BCUT2D eigenvalue weighted by atomic mass is 9.75. The molecule has 1 saturated carbocycles. The predicted octanol–water partition coefficient (Wildman–Crippen LogP) is 4.46. The van der Waals surface area contributed by atoms with E-state index in [1.807, 2.05) is 25.1 Å². The minimum absolute atomic E-state index is 0.0501. The van der Waals surface area contributed by atoms with Gasteiger partial charge in [0.25, 0.3) is 5.91 Å². The summed E-state index contributed by atoms with van der Waals surface area (Å²) in [7, 11) is 0. The normalized spacial score (nSPS) is 19.2. The van der Waals surface area contributed by atoms with Crippen molar-refractivity contribution in [1.82, 2.24) is 5.32 Å². The van der Waals surface area contributed by atoms with Gasteiger partial charge >= 0.3 is 0 Å². The molecule has 0 aromatic heterocycles. The monoisotopic (exact) mass is 323 g/mol. The summed E-state index contributed by atoms with van der Waals surface area (Å²) in [5.74, 6) is 0.0501. The van der Waals surface area contributed by atoms with Crippen molar-refractivity contribution in [3.8, 4) is 0 Å². The average molecular weight is 324 g/mol. The maximum Gasteiger partial charge on any atom is 0.251 e. The van der Waals surface area contributed by atoms with Gasteiger partial charge in [-0.2, -0.15) is 0 Å². The van der Waals surface area contributed by atoms with Gasteiger partial charge in [0.05, 0.1) is 0 Å². The molecular weight excluding hydrogens is 302 g/mol. The molecule has 0 heterocycles. The lowest BCUT2D eigenvalue weighted by Gasteiger charge is -2.34. The van der Waals surface area contributed by atoms with Crippen LogP contribution in [0.4, 0.5) is 0 Å². The molecule has 0 bridgehead atoms. The predicted molar refractivity (Wildman–Crippen MR) is 82.4 cm³/mol. The number of benzene rings is 1. The van der Waals surface area contributed by atoms with E-state index in [1.165, 1.54) is 12.8 Å². The number of hydrogen-bond acceptors (Lipinski definition) is 1. The third-order valence-corrected chi connectivity index (χ3v) is 4.44. The Hall–Kier alpha value is -0.830. The SMILES string of the molecule is Cc1cc(Br)cc(C(=O)NC2CCC(C)(C)CC2)c1. The molecule has 0 unspecified atom stereocenters. The molecule has 0 saturated heterocycles. The van der Waals surface area contributed by atoms with Gasteiger partial charge in [-0.05, 0) is 61.8 Å². The van der Waals surface area contributed by atoms with Crippen molar-refractivity contribution in [1.29, 1.82) is 0 Å². The molecule has 0 atom stereocenters. The van der Waals surface area contributed by atoms with Crippen LogP contribution < -0.4 is 5.32 Å². The largest absolute Gasteiger partial charge is 0.349 e. The Balaban J connectivity index is 1.98. The second-order valence-electron chi connectivity index (χ2n) is 6.43. The third kappa shape index (κ3) is 4.07. The van der Waals surface area contributed by atoms with E-state index in [4.69, 9.17) is 0 Å². The molecule has 0 aliphatic heterocycles. The molecule has 1 amide bonds. The summed E-state index contributed by atoms with van der Waals surface area (Å²) in [6.45, 7) is 6.62. The lowest BCUT2D eigenvalue weighted by molar-refractivity contribution is 0.0909. The molecule has 1 fully saturated rings. The van der Waals surface area contributed by atoms with E-state index in [1.54, 1.807) is 0 Å². The number of carbonyl (C=O) groups excluding carboxylic acids is 1. The Morgan fingerprint density at radius 2 is 1.89 bits per heavy atom. The zero-order valence-electron chi connectivity index (χ0n) is 11.9. The van der Waals surface area contributed by atoms with Crippen molar-refractivity contribution in [2.45, 2.75) is 52.5 Å². The summed E-state index contributed by atoms with van der Waals surface area (Å²) in [5.41, 5.74) is 2.29. The Morgan fingerprint density at radius 3 is 2.47 bits per heavy atom. The van der Waals surface area contributed by atoms with Crippen LogP contribution in [0.2, 0.25) is 0 Å². The van der Waals surface area contributed by atoms with Crippen LogP contribution >= 0.6 is 15.9 Å². The smallest absolute Gasteiger partial charge is 0.251 e. The van der Waals surface area contributed by atoms with Crippen LogP contribution in [0.15, 0.2) is 22.7 Å². The first-order chi connectivity index (χ1) is 8.85. The van der Waals surface area contributed by atoms with E-state index in [9.17, 15) is 4.79 Å². The number of halogens is 1. The number of rotatable bonds is 2. The molecule has 0 spiro atoms. The highest BCUT2D eigenvalue weighted by atomic mass is 79.9. The minimum atomic E-state index is 0.0501. The highest BCUT2D eigenvalue weighted by Crippen LogP contribution is 2.35. The molecule has 1 aliphatic rings. The molecule has 1 N–H and O–H groups in total. The molecule has 2 rings (SSSR count). The third-order valence-electron chi connectivity index (χ3n) is 3.98. The van der Waals surface area contributed by atoms with E-state index < -0.39 is 0 Å². The summed E-state index contributed by atoms with van der Waals surface area (Å²) in [6, 6.07) is 6.17. The first kappa shape index (κ1) is 14.6. The molecule has 3 heteroatoms. The Bertz CT molecular complexity index is 451. The van der Waals surface area contributed by atoms with Gasteiger partial charge in [0, 0.05) is 16.1 Å². The highest BCUT2D eigenvalue weighted by molar-refractivity contribution is 9.10. The van der Waals surface area contributed by atoms with Crippen LogP contribution in [0.25, 0.3) is 0 Å². The zero-order chi connectivity index (χ0) is 14.0. The van der Waals surface area contributed by atoms with E-state index in [0.29, 0.717) is 11.5 Å². The fourth-order valence-corrected chi connectivity index (χ4v) is 3.29. The topological polar surface area (TPSA) is 29.1 Å². The molecule has 104 valence electrons. The van der Waals surface area contributed by atoms with Crippen LogP contribution in [-0.4, -0.2) is 11.9 Å². The number of amides is 1. The van der Waals surface area contributed by atoms with Gasteiger partial charge in [0.1, 0.15) is 0 Å². The number of aryl methyl sites for hydroxylation is 1. The summed E-state index contributed by atoms with van der Waals surface area (Å²) in [5, 5.41) is 3.17. The van der Waals surface area contributed by atoms with Gasteiger partial charge in [-0.25, -0.2) is 0 Å². The van der Waals surface area contributed by atoms with Crippen molar-refractivity contribution in [2.75, 3.05) is 0 Å². The number of hydrogen-bond donors (Lipinski definition) is 1. The summed E-state index contributed by atoms with van der Waals surface area (Å²) in [6.07, 6.45) is 4.56. The van der Waals surface area contributed by atoms with Gasteiger partial charge in [-0.3, -0.25) is 4.79 Å². The van der Waals surface area contributed by atoms with Crippen molar-refractivity contribution in [3.05, 3.63) is 33.8 Å². The Morgan fingerprint density at radius 1 is 1.26 bits per heavy atom.